The van der Waals surface area contributed by atoms with Crippen LogP contribution in [0.1, 0.15) is 25.3 Å². The Morgan fingerprint density at radius 3 is 2.60 bits per heavy atom. The highest BCUT2D eigenvalue weighted by Gasteiger charge is 2.15. The van der Waals surface area contributed by atoms with Gasteiger partial charge in [-0.2, -0.15) is 0 Å². The van der Waals surface area contributed by atoms with Gasteiger partial charge in [0.25, 0.3) is 0 Å². The third kappa shape index (κ3) is 2.60. The number of benzene rings is 2. The summed E-state index contributed by atoms with van der Waals surface area (Å²) in [5.74, 6) is 1.66. The molecule has 0 amide bonds. The molecule has 0 aliphatic heterocycles. The first-order valence-electron chi connectivity index (χ1n) is 8.21. The van der Waals surface area contributed by atoms with E-state index in [1.807, 2.05) is 36.4 Å². The van der Waals surface area contributed by atoms with Gasteiger partial charge >= 0.3 is 5.63 Å². The molecule has 0 saturated carbocycles. The minimum atomic E-state index is -0.396. The molecule has 0 bridgehead atoms. The molecule has 2 aromatic carbocycles. The monoisotopic (exact) mass is 334 g/mol. The molecule has 126 valence electrons. The van der Waals surface area contributed by atoms with E-state index in [1.54, 1.807) is 7.11 Å². The molecule has 4 nitrogen and oxygen atoms in total. The van der Waals surface area contributed by atoms with Gasteiger partial charge in [-0.05, 0) is 35.7 Å². The van der Waals surface area contributed by atoms with Crippen LogP contribution in [0.2, 0.25) is 0 Å². The fourth-order valence-corrected chi connectivity index (χ4v) is 3.07. The Morgan fingerprint density at radius 2 is 1.84 bits per heavy atom. The lowest BCUT2D eigenvalue weighted by Gasteiger charge is -2.08. The minimum absolute atomic E-state index is 0.375. The van der Waals surface area contributed by atoms with Crippen LogP contribution in [0.3, 0.4) is 0 Å². The second-order valence-electron chi connectivity index (χ2n) is 6.38. The smallest absolute Gasteiger partial charge is 0.336 e. The Labute approximate surface area is 144 Å². The summed E-state index contributed by atoms with van der Waals surface area (Å²) in [6.45, 7) is 4.26. The molecule has 25 heavy (non-hydrogen) atoms. The summed E-state index contributed by atoms with van der Waals surface area (Å²) in [4.78, 5) is 12.0. The van der Waals surface area contributed by atoms with Crippen molar-refractivity contribution in [1.29, 1.82) is 0 Å². The summed E-state index contributed by atoms with van der Waals surface area (Å²) in [5.41, 5.74) is 2.73. The van der Waals surface area contributed by atoms with Crippen molar-refractivity contribution in [2.75, 3.05) is 7.11 Å². The maximum absolute atomic E-state index is 12.0. The van der Waals surface area contributed by atoms with E-state index in [0.29, 0.717) is 28.6 Å². The van der Waals surface area contributed by atoms with Crippen molar-refractivity contribution >= 4 is 21.9 Å². The first-order valence-corrected chi connectivity index (χ1v) is 8.21. The second-order valence-corrected chi connectivity index (χ2v) is 6.38. The van der Waals surface area contributed by atoms with Gasteiger partial charge in [0.2, 0.25) is 0 Å². The van der Waals surface area contributed by atoms with Gasteiger partial charge in [-0.25, -0.2) is 4.79 Å². The number of fused-ring (bicyclic) bond motifs is 2. The summed E-state index contributed by atoms with van der Waals surface area (Å²) in [7, 11) is 1.61. The largest absolute Gasteiger partial charge is 0.493 e. The lowest BCUT2D eigenvalue weighted by molar-refractivity contribution is 0.411. The average molecular weight is 334 g/mol. The van der Waals surface area contributed by atoms with Crippen molar-refractivity contribution in [3.05, 3.63) is 64.5 Å². The van der Waals surface area contributed by atoms with Crippen LogP contribution in [0.25, 0.3) is 33.3 Å². The highest BCUT2D eigenvalue weighted by molar-refractivity contribution is 5.96. The van der Waals surface area contributed by atoms with Gasteiger partial charge in [0, 0.05) is 22.4 Å². The van der Waals surface area contributed by atoms with Gasteiger partial charge in [-0.15, -0.1) is 0 Å². The number of methoxy groups -OCH3 is 1. The van der Waals surface area contributed by atoms with E-state index in [-0.39, 0.29) is 0 Å². The summed E-state index contributed by atoms with van der Waals surface area (Å²) in [5, 5.41) is 1.79. The summed E-state index contributed by atoms with van der Waals surface area (Å²) < 4.78 is 16.8. The number of rotatable bonds is 3. The number of hydrogen-bond acceptors (Lipinski definition) is 4. The van der Waals surface area contributed by atoms with Gasteiger partial charge < -0.3 is 13.6 Å². The van der Waals surface area contributed by atoms with Crippen molar-refractivity contribution in [1.82, 2.24) is 0 Å². The first-order chi connectivity index (χ1) is 12.1. The van der Waals surface area contributed by atoms with Gasteiger partial charge in [-0.1, -0.05) is 32.0 Å². The van der Waals surface area contributed by atoms with Crippen LogP contribution in [-0.2, 0) is 0 Å². The summed E-state index contributed by atoms with van der Waals surface area (Å²) in [6.07, 6.45) is 0. The molecular formula is C21H18O4. The molecule has 0 aliphatic rings. The van der Waals surface area contributed by atoms with Gasteiger partial charge in [-0.3, -0.25) is 0 Å². The number of ether oxygens (including phenoxy) is 1. The topological polar surface area (TPSA) is 52.6 Å². The molecule has 2 heterocycles. The van der Waals surface area contributed by atoms with Crippen molar-refractivity contribution in [3.63, 3.8) is 0 Å². The summed E-state index contributed by atoms with van der Waals surface area (Å²) >= 11 is 0. The zero-order valence-corrected chi connectivity index (χ0v) is 14.3. The van der Waals surface area contributed by atoms with Gasteiger partial charge in [0.05, 0.1) is 7.11 Å². The molecule has 0 fully saturated rings. The third-order valence-corrected chi connectivity index (χ3v) is 4.43. The van der Waals surface area contributed by atoms with E-state index in [4.69, 9.17) is 13.6 Å². The van der Waals surface area contributed by atoms with E-state index < -0.39 is 5.63 Å². The van der Waals surface area contributed by atoms with E-state index in [0.717, 1.165) is 16.3 Å². The van der Waals surface area contributed by atoms with Crippen LogP contribution in [0, 0.1) is 0 Å². The third-order valence-electron chi connectivity index (χ3n) is 4.43. The molecule has 4 rings (SSSR count). The van der Waals surface area contributed by atoms with E-state index >= 15 is 0 Å². The fourth-order valence-electron chi connectivity index (χ4n) is 3.07. The lowest BCUT2D eigenvalue weighted by Crippen LogP contribution is -1.98. The minimum Gasteiger partial charge on any atom is -0.493 e. The molecule has 0 spiro atoms. The first kappa shape index (κ1) is 15.5. The van der Waals surface area contributed by atoms with E-state index in [1.165, 1.54) is 11.6 Å². The molecule has 2 aromatic heterocycles. The number of para-hydroxylation sites is 1. The molecule has 4 heteroatoms. The van der Waals surface area contributed by atoms with E-state index in [9.17, 15) is 4.79 Å². The predicted octanol–water partition coefficient (Wildman–Crippen LogP) is 5.34. The van der Waals surface area contributed by atoms with Crippen LogP contribution in [-0.4, -0.2) is 7.11 Å². The predicted molar refractivity (Wildman–Crippen MR) is 98.3 cm³/mol. The SMILES string of the molecule is COc1cccc2cc(-c3cc(=O)oc4ccc(C(C)C)cc34)oc12. The Bertz CT molecular complexity index is 1130. The molecule has 0 aliphatic carbocycles. The Hall–Kier alpha value is -3.01. The van der Waals surface area contributed by atoms with Gasteiger partial charge in [0.1, 0.15) is 11.3 Å². The zero-order chi connectivity index (χ0) is 17.6. The molecule has 0 saturated heterocycles. The maximum atomic E-state index is 12.0. The Kier molecular flexibility index (Phi) is 3.61. The van der Waals surface area contributed by atoms with Crippen LogP contribution < -0.4 is 10.4 Å². The molecule has 4 aromatic rings. The van der Waals surface area contributed by atoms with Gasteiger partial charge in [0.15, 0.2) is 11.3 Å². The quantitative estimate of drug-likeness (QED) is 0.475. The highest BCUT2D eigenvalue weighted by Crippen LogP contribution is 2.36. The number of furan rings is 1. The normalized spacial score (nSPS) is 11.5. The second kappa shape index (κ2) is 5.81. The standard InChI is InChI=1S/C21H18O4/c1-12(2)13-7-8-17-15(9-13)16(11-20(22)24-17)19-10-14-5-4-6-18(23-3)21(14)25-19/h4-12H,1-3H3. The van der Waals surface area contributed by atoms with Crippen LogP contribution in [0.5, 0.6) is 5.75 Å². The maximum Gasteiger partial charge on any atom is 0.336 e. The Balaban J connectivity index is 2.02. The zero-order valence-electron chi connectivity index (χ0n) is 14.3. The van der Waals surface area contributed by atoms with E-state index in [2.05, 4.69) is 19.9 Å². The Morgan fingerprint density at radius 1 is 1.00 bits per heavy atom. The van der Waals surface area contributed by atoms with Crippen molar-refractivity contribution in [3.8, 4) is 17.1 Å². The lowest BCUT2D eigenvalue weighted by atomic mass is 9.99. The average Bonchev–Trinajstić information content (AvgIpc) is 3.04. The number of hydrogen-bond donors (Lipinski definition) is 0. The highest BCUT2D eigenvalue weighted by atomic mass is 16.5. The van der Waals surface area contributed by atoms with Crippen LogP contribution in [0.15, 0.2) is 62.2 Å². The molecular weight excluding hydrogens is 316 g/mol. The van der Waals surface area contributed by atoms with Crippen molar-refractivity contribution in [2.45, 2.75) is 19.8 Å². The molecule has 0 atom stereocenters. The molecule has 0 N–H and O–H groups in total. The fraction of sp³-hybridized carbons (Fsp3) is 0.190. The van der Waals surface area contributed by atoms with Crippen molar-refractivity contribution in [2.24, 2.45) is 0 Å². The summed E-state index contributed by atoms with van der Waals surface area (Å²) in [6, 6.07) is 15.0. The van der Waals surface area contributed by atoms with Crippen LogP contribution >= 0.6 is 0 Å². The molecule has 0 unspecified atom stereocenters. The van der Waals surface area contributed by atoms with Crippen molar-refractivity contribution < 1.29 is 13.6 Å². The van der Waals surface area contributed by atoms with Crippen LogP contribution in [0.4, 0.5) is 0 Å². The molecule has 0 radical (unpaired) electrons.